The first-order valence-electron chi connectivity index (χ1n) is 5.60. The van der Waals surface area contributed by atoms with Crippen molar-refractivity contribution in [3.8, 4) is 17.1 Å². The van der Waals surface area contributed by atoms with E-state index < -0.39 is 12.8 Å². The van der Waals surface area contributed by atoms with Gasteiger partial charge in [-0.15, -0.1) is 5.10 Å². The summed E-state index contributed by atoms with van der Waals surface area (Å²) >= 11 is 1.52. The molecule has 3 aromatic heterocycles. The number of alkyl halides is 3. The summed E-state index contributed by atoms with van der Waals surface area (Å²) in [5.41, 5.74) is 2.16. The van der Waals surface area contributed by atoms with Gasteiger partial charge in [0, 0.05) is 17.0 Å². The predicted molar refractivity (Wildman–Crippen MR) is 67.9 cm³/mol. The Bertz CT molecular complexity index is 721. The molecule has 0 saturated carbocycles. The second kappa shape index (κ2) is 4.78. The molecule has 0 aliphatic heterocycles. The number of nitrogens with zero attached hydrogens (tertiary/aromatic N) is 3. The first-order valence-corrected chi connectivity index (χ1v) is 6.54. The lowest BCUT2D eigenvalue weighted by molar-refractivity contribution is -0.154. The number of fused-ring (bicyclic) bond motifs is 1. The van der Waals surface area contributed by atoms with Crippen molar-refractivity contribution in [1.29, 1.82) is 0 Å². The zero-order valence-electron chi connectivity index (χ0n) is 9.96. The molecule has 0 N–H and O–H groups in total. The van der Waals surface area contributed by atoms with Gasteiger partial charge in [0.1, 0.15) is 0 Å². The summed E-state index contributed by atoms with van der Waals surface area (Å²) in [7, 11) is 0. The highest BCUT2D eigenvalue weighted by Crippen LogP contribution is 2.24. The number of aromatic nitrogens is 3. The third-order valence-electron chi connectivity index (χ3n) is 2.54. The van der Waals surface area contributed by atoms with Gasteiger partial charge in [0.15, 0.2) is 12.3 Å². The Morgan fingerprint density at radius 3 is 2.80 bits per heavy atom. The Balaban J connectivity index is 1.95. The van der Waals surface area contributed by atoms with Crippen LogP contribution in [0.1, 0.15) is 0 Å². The highest BCUT2D eigenvalue weighted by Gasteiger charge is 2.28. The van der Waals surface area contributed by atoms with E-state index in [1.165, 1.54) is 21.9 Å². The summed E-state index contributed by atoms with van der Waals surface area (Å²) in [6, 6.07) is 4.82. The van der Waals surface area contributed by atoms with Gasteiger partial charge in [-0.3, -0.25) is 0 Å². The van der Waals surface area contributed by atoms with Crippen LogP contribution in [0.4, 0.5) is 13.2 Å². The number of hydrogen-bond donors (Lipinski definition) is 0. The molecule has 0 atom stereocenters. The SMILES string of the molecule is FC(F)(F)COc1ccc2ncc(-c3ccsc3)n2n1. The molecular formula is C12H8F3N3OS. The van der Waals surface area contributed by atoms with Gasteiger partial charge in [0.2, 0.25) is 5.88 Å². The molecule has 4 nitrogen and oxygen atoms in total. The second-order valence-electron chi connectivity index (χ2n) is 4.00. The monoisotopic (exact) mass is 299 g/mol. The molecule has 3 rings (SSSR count). The predicted octanol–water partition coefficient (Wildman–Crippen LogP) is 3.40. The van der Waals surface area contributed by atoms with E-state index >= 15 is 0 Å². The van der Waals surface area contributed by atoms with E-state index in [1.807, 2.05) is 16.8 Å². The van der Waals surface area contributed by atoms with E-state index in [9.17, 15) is 13.2 Å². The van der Waals surface area contributed by atoms with Crippen LogP contribution in [0.5, 0.6) is 5.88 Å². The summed E-state index contributed by atoms with van der Waals surface area (Å²) < 4.78 is 42.5. The Labute approximate surface area is 115 Å². The van der Waals surface area contributed by atoms with Gasteiger partial charge < -0.3 is 4.74 Å². The summed E-state index contributed by atoms with van der Waals surface area (Å²) in [5.74, 6) is -0.0932. The molecule has 3 heterocycles. The first kappa shape index (κ1) is 12.9. The Kier molecular flexibility index (Phi) is 3.09. The summed E-state index contributed by atoms with van der Waals surface area (Å²) in [5, 5.41) is 7.84. The molecule has 104 valence electrons. The Hall–Kier alpha value is -2.09. The van der Waals surface area contributed by atoms with Crippen molar-refractivity contribution in [2.45, 2.75) is 6.18 Å². The van der Waals surface area contributed by atoms with Gasteiger partial charge >= 0.3 is 6.18 Å². The standard InChI is InChI=1S/C12H8F3N3OS/c13-12(14,15)7-19-11-2-1-10-16-5-9(18(10)17-11)8-3-4-20-6-8/h1-6H,7H2. The molecule has 0 amide bonds. The highest BCUT2D eigenvalue weighted by atomic mass is 32.1. The van der Waals surface area contributed by atoms with E-state index in [4.69, 9.17) is 0 Å². The van der Waals surface area contributed by atoms with Crippen LogP contribution in [-0.4, -0.2) is 27.4 Å². The fourth-order valence-electron chi connectivity index (χ4n) is 1.70. The average Bonchev–Trinajstić information content (AvgIpc) is 3.03. The fourth-order valence-corrected chi connectivity index (χ4v) is 2.35. The van der Waals surface area contributed by atoms with Crippen molar-refractivity contribution in [3.05, 3.63) is 35.2 Å². The summed E-state index contributed by atoms with van der Waals surface area (Å²) in [6.45, 7) is -1.37. The van der Waals surface area contributed by atoms with E-state index in [0.29, 0.717) is 11.3 Å². The molecular weight excluding hydrogens is 291 g/mol. The van der Waals surface area contributed by atoms with E-state index in [1.54, 1.807) is 12.3 Å². The third kappa shape index (κ3) is 2.60. The Morgan fingerprint density at radius 1 is 1.25 bits per heavy atom. The first-order chi connectivity index (χ1) is 9.53. The molecule has 3 aromatic rings. The van der Waals surface area contributed by atoms with Crippen molar-refractivity contribution in [2.75, 3.05) is 6.61 Å². The minimum absolute atomic E-state index is 0.0932. The number of ether oxygens (including phenoxy) is 1. The highest BCUT2D eigenvalue weighted by molar-refractivity contribution is 7.08. The minimum Gasteiger partial charge on any atom is -0.467 e. The fraction of sp³-hybridized carbons (Fsp3) is 0.167. The smallest absolute Gasteiger partial charge is 0.422 e. The van der Waals surface area contributed by atoms with Crippen molar-refractivity contribution in [3.63, 3.8) is 0 Å². The van der Waals surface area contributed by atoms with Crippen LogP contribution in [-0.2, 0) is 0 Å². The second-order valence-corrected chi connectivity index (χ2v) is 4.78. The molecule has 0 bridgehead atoms. The Morgan fingerprint density at radius 2 is 2.10 bits per heavy atom. The maximum atomic E-state index is 12.1. The minimum atomic E-state index is -4.39. The van der Waals surface area contributed by atoms with Crippen LogP contribution in [0.15, 0.2) is 35.2 Å². The van der Waals surface area contributed by atoms with Crippen LogP contribution in [0.2, 0.25) is 0 Å². The largest absolute Gasteiger partial charge is 0.467 e. The van der Waals surface area contributed by atoms with Crippen molar-refractivity contribution in [2.24, 2.45) is 0 Å². The maximum absolute atomic E-state index is 12.1. The van der Waals surface area contributed by atoms with Gasteiger partial charge in [-0.1, -0.05) is 0 Å². The molecule has 0 aromatic carbocycles. The van der Waals surface area contributed by atoms with Crippen molar-refractivity contribution < 1.29 is 17.9 Å². The maximum Gasteiger partial charge on any atom is 0.422 e. The molecule has 0 aliphatic rings. The molecule has 8 heteroatoms. The summed E-state index contributed by atoms with van der Waals surface area (Å²) in [4.78, 5) is 4.15. The number of imidazole rings is 1. The number of halogens is 3. The van der Waals surface area contributed by atoms with Gasteiger partial charge in [0.25, 0.3) is 0 Å². The quantitative estimate of drug-likeness (QED) is 0.744. The molecule has 0 spiro atoms. The van der Waals surface area contributed by atoms with Gasteiger partial charge in [-0.25, -0.2) is 9.50 Å². The van der Waals surface area contributed by atoms with E-state index in [-0.39, 0.29) is 5.88 Å². The number of thiophene rings is 1. The lowest BCUT2D eigenvalue weighted by Crippen LogP contribution is -2.20. The van der Waals surface area contributed by atoms with Gasteiger partial charge in [-0.05, 0) is 17.5 Å². The van der Waals surface area contributed by atoms with Crippen LogP contribution >= 0.6 is 11.3 Å². The number of rotatable bonds is 3. The molecule has 0 radical (unpaired) electrons. The topological polar surface area (TPSA) is 39.4 Å². The van der Waals surface area contributed by atoms with Crippen LogP contribution in [0.25, 0.3) is 16.9 Å². The van der Waals surface area contributed by atoms with Gasteiger partial charge in [0.05, 0.1) is 11.9 Å². The van der Waals surface area contributed by atoms with Crippen LogP contribution in [0, 0.1) is 0 Å². The van der Waals surface area contributed by atoms with E-state index in [0.717, 1.165) is 5.56 Å². The zero-order valence-corrected chi connectivity index (χ0v) is 10.8. The van der Waals surface area contributed by atoms with Crippen molar-refractivity contribution >= 4 is 17.0 Å². The molecule has 0 unspecified atom stereocenters. The van der Waals surface area contributed by atoms with Crippen molar-refractivity contribution in [1.82, 2.24) is 14.6 Å². The van der Waals surface area contributed by atoms with Gasteiger partial charge in [-0.2, -0.15) is 24.5 Å². The lowest BCUT2D eigenvalue weighted by Gasteiger charge is -2.08. The van der Waals surface area contributed by atoms with E-state index in [2.05, 4.69) is 14.8 Å². The normalized spacial score (nSPS) is 11.9. The van der Waals surface area contributed by atoms with Crippen LogP contribution < -0.4 is 4.74 Å². The van der Waals surface area contributed by atoms with Crippen LogP contribution in [0.3, 0.4) is 0 Å². The summed E-state index contributed by atoms with van der Waals surface area (Å²) in [6.07, 6.45) is -2.76. The zero-order chi connectivity index (χ0) is 14.2. The third-order valence-corrected chi connectivity index (χ3v) is 3.22. The lowest BCUT2D eigenvalue weighted by atomic mass is 10.3. The molecule has 0 fully saturated rings. The molecule has 20 heavy (non-hydrogen) atoms. The molecule has 0 aliphatic carbocycles. The number of hydrogen-bond acceptors (Lipinski definition) is 4. The average molecular weight is 299 g/mol. The molecule has 0 saturated heterocycles.